The lowest BCUT2D eigenvalue weighted by Gasteiger charge is -2.33. The standard InChI is InChI=1S/C28H32N2O4/c1-4-33-23-16-14-21(15-17-23)26(27(31)29-22-11-5-6-12-22)30(28(32)24-13-8-18-34-24)25-19(2)9-7-10-20(25)3/h7-10,13-18,22,26H,4-6,11-12H2,1-3H3,(H,29,31)/t26-/m0/s1. The molecule has 0 unspecified atom stereocenters. The molecular weight excluding hydrogens is 428 g/mol. The van der Waals surface area contributed by atoms with E-state index in [1.165, 1.54) is 6.26 Å². The van der Waals surface area contributed by atoms with Crippen molar-refractivity contribution in [3.63, 3.8) is 0 Å². The Morgan fingerprint density at radius 2 is 1.71 bits per heavy atom. The Morgan fingerprint density at radius 3 is 2.29 bits per heavy atom. The van der Waals surface area contributed by atoms with Gasteiger partial charge in [-0.3, -0.25) is 14.5 Å². The Morgan fingerprint density at radius 1 is 1.03 bits per heavy atom. The molecule has 0 spiro atoms. The Balaban J connectivity index is 1.84. The highest BCUT2D eigenvalue weighted by Crippen LogP contribution is 2.35. The van der Waals surface area contributed by atoms with Crippen LogP contribution in [0.25, 0.3) is 0 Å². The smallest absolute Gasteiger partial charge is 0.294 e. The Labute approximate surface area is 200 Å². The molecule has 0 bridgehead atoms. The number of benzene rings is 2. The van der Waals surface area contributed by atoms with Gasteiger partial charge in [0.1, 0.15) is 11.8 Å². The van der Waals surface area contributed by atoms with Crippen molar-refractivity contribution in [2.45, 2.75) is 58.5 Å². The molecule has 1 N–H and O–H groups in total. The fraction of sp³-hybridized carbons (Fsp3) is 0.357. The molecule has 1 aromatic heterocycles. The SMILES string of the molecule is CCOc1ccc([C@@H](C(=O)NC2CCCC2)N(C(=O)c2ccco2)c2c(C)cccc2C)cc1. The van der Waals surface area contributed by atoms with Crippen LogP contribution in [0.15, 0.2) is 65.3 Å². The molecule has 2 amide bonds. The summed E-state index contributed by atoms with van der Waals surface area (Å²) in [5.41, 5.74) is 3.24. The van der Waals surface area contributed by atoms with Gasteiger partial charge in [0.05, 0.1) is 18.6 Å². The summed E-state index contributed by atoms with van der Waals surface area (Å²) in [5.74, 6) is 0.353. The van der Waals surface area contributed by atoms with Crippen molar-refractivity contribution in [3.05, 3.63) is 83.3 Å². The van der Waals surface area contributed by atoms with Gasteiger partial charge in [-0.25, -0.2) is 0 Å². The number of para-hydroxylation sites is 1. The highest BCUT2D eigenvalue weighted by molar-refractivity contribution is 6.09. The summed E-state index contributed by atoms with van der Waals surface area (Å²) in [6, 6.07) is 15.8. The summed E-state index contributed by atoms with van der Waals surface area (Å²) in [5, 5.41) is 3.21. The molecule has 1 fully saturated rings. The predicted molar refractivity (Wildman–Crippen MR) is 132 cm³/mol. The second-order valence-electron chi connectivity index (χ2n) is 8.79. The largest absolute Gasteiger partial charge is 0.494 e. The third-order valence-corrected chi connectivity index (χ3v) is 6.35. The van der Waals surface area contributed by atoms with Gasteiger partial charge in [-0.15, -0.1) is 0 Å². The number of hydrogen-bond acceptors (Lipinski definition) is 4. The summed E-state index contributed by atoms with van der Waals surface area (Å²) >= 11 is 0. The highest BCUT2D eigenvalue weighted by Gasteiger charge is 2.37. The van der Waals surface area contributed by atoms with Gasteiger partial charge >= 0.3 is 0 Å². The van der Waals surface area contributed by atoms with Crippen LogP contribution in [0.4, 0.5) is 5.69 Å². The maximum absolute atomic E-state index is 13.9. The number of rotatable bonds is 8. The Hall–Kier alpha value is -3.54. The average Bonchev–Trinajstić information content (AvgIpc) is 3.53. The monoisotopic (exact) mass is 460 g/mol. The van der Waals surface area contributed by atoms with Gasteiger partial charge in [0.2, 0.25) is 5.91 Å². The maximum Gasteiger partial charge on any atom is 0.294 e. The summed E-state index contributed by atoms with van der Waals surface area (Å²) in [6.45, 7) is 6.39. The number of carbonyl (C=O) groups excluding carboxylic acids is 2. The van der Waals surface area contributed by atoms with E-state index in [0.717, 1.165) is 42.6 Å². The minimum Gasteiger partial charge on any atom is -0.494 e. The molecule has 6 nitrogen and oxygen atoms in total. The first-order chi connectivity index (χ1) is 16.5. The van der Waals surface area contributed by atoms with E-state index in [0.29, 0.717) is 17.9 Å². The van der Waals surface area contributed by atoms with E-state index in [1.54, 1.807) is 17.0 Å². The molecule has 1 aliphatic carbocycles. The molecular formula is C28H32N2O4. The molecule has 4 rings (SSSR count). The third kappa shape index (κ3) is 5.01. The van der Waals surface area contributed by atoms with Crippen LogP contribution in [0.2, 0.25) is 0 Å². The van der Waals surface area contributed by atoms with Crippen LogP contribution in [0.5, 0.6) is 5.75 Å². The highest BCUT2D eigenvalue weighted by atomic mass is 16.5. The summed E-state index contributed by atoms with van der Waals surface area (Å²) < 4.78 is 11.1. The molecule has 3 aromatic rings. The van der Waals surface area contributed by atoms with Gasteiger partial charge in [-0.05, 0) is 74.6 Å². The second kappa shape index (κ2) is 10.6. The molecule has 34 heavy (non-hydrogen) atoms. The number of anilines is 1. The second-order valence-corrected chi connectivity index (χ2v) is 8.79. The van der Waals surface area contributed by atoms with E-state index in [-0.39, 0.29) is 23.6 Å². The molecule has 1 aliphatic rings. The first-order valence-corrected chi connectivity index (χ1v) is 12.0. The van der Waals surface area contributed by atoms with Crippen molar-refractivity contribution in [3.8, 4) is 5.75 Å². The van der Waals surface area contributed by atoms with Crippen LogP contribution >= 0.6 is 0 Å². The zero-order valence-corrected chi connectivity index (χ0v) is 20.0. The topological polar surface area (TPSA) is 71.8 Å². The molecule has 1 saturated carbocycles. The van der Waals surface area contributed by atoms with E-state index in [2.05, 4.69) is 5.32 Å². The van der Waals surface area contributed by atoms with Crippen LogP contribution < -0.4 is 15.0 Å². The zero-order chi connectivity index (χ0) is 24.1. The van der Waals surface area contributed by atoms with Crippen LogP contribution in [-0.2, 0) is 4.79 Å². The number of aryl methyl sites for hydroxylation is 2. The van der Waals surface area contributed by atoms with Gasteiger partial charge in [0, 0.05) is 6.04 Å². The van der Waals surface area contributed by atoms with Crippen molar-refractivity contribution in [1.29, 1.82) is 0 Å². The molecule has 1 atom stereocenters. The summed E-state index contributed by atoms with van der Waals surface area (Å²) in [4.78, 5) is 29.3. The number of amides is 2. The van der Waals surface area contributed by atoms with Crippen molar-refractivity contribution in [1.82, 2.24) is 5.32 Å². The summed E-state index contributed by atoms with van der Waals surface area (Å²) in [7, 11) is 0. The lowest BCUT2D eigenvalue weighted by Crippen LogP contribution is -2.46. The Bertz CT molecular complexity index is 1100. The lowest BCUT2D eigenvalue weighted by molar-refractivity contribution is -0.123. The molecule has 1 heterocycles. The first kappa shape index (κ1) is 23.6. The van der Waals surface area contributed by atoms with Gasteiger partial charge in [-0.2, -0.15) is 0 Å². The predicted octanol–water partition coefficient (Wildman–Crippen LogP) is 5.74. The third-order valence-electron chi connectivity index (χ3n) is 6.35. The Kier molecular flexibility index (Phi) is 7.36. The molecule has 2 aromatic carbocycles. The number of carbonyl (C=O) groups is 2. The van der Waals surface area contributed by atoms with E-state index in [4.69, 9.17) is 9.15 Å². The van der Waals surface area contributed by atoms with Crippen molar-refractivity contribution in [2.24, 2.45) is 0 Å². The van der Waals surface area contributed by atoms with Gasteiger partial charge in [0.15, 0.2) is 5.76 Å². The van der Waals surface area contributed by atoms with E-state index >= 15 is 0 Å². The molecule has 0 saturated heterocycles. The van der Waals surface area contributed by atoms with Gasteiger partial charge < -0.3 is 14.5 Å². The number of hydrogen-bond donors (Lipinski definition) is 1. The number of ether oxygens (including phenoxy) is 1. The van der Waals surface area contributed by atoms with E-state index in [9.17, 15) is 9.59 Å². The number of nitrogens with one attached hydrogen (secondary N) is 1. The first-order valence-electron chi connectivity index (χ1n) is 12.0. The van der Waals surface area contributed by atoms with Gasteiger partial charge in [-0.1, -0.05) is 43.2 Å². The molecule has 178 valence electrons. The minimum atomic E-state index is -0.867. The lowest BCUT2D eigenvalue weighted by atomic mass is 9.99. The average molecular weight is 461 g/mol. The maximum atomic E-state index is 13.9. The summed E-state index contributed by atoms with van der Waals surface area (Å²) in [6.07, 6.45) is 5.59. The van der Waals surface area contributed by atoms with Crippen LogP contribution in [0.1, 0.15) is 65.9 Å². The van der Waals surface area contributed by atoms with Crippen molar-refractivity contribution in [2.75, 3.05) is 11.5 Å². The molecule has 0 radical (unpaired) electrons. The number of nitrogens with zero attached hydrogens (tertiary/aromatic N) is 1. The quantitative estimate of drug-likeness (QED) is 0.465. The van der Waals surface area contributed by atoms with Crippen LogP contribution in [0, 0.1) is 13.8 Å². The van der Waals surface area contributed by atoms with E-state index < -0.39 is 6.04 Å². The van der Waals surface area contributed by atoms with Crippen LogP contribution in [-0.4, -0.2) is 24.5 Å². The molecule has 6 heteroatoms. The van der Waals surface area contributed by atoms with E-state index in [1.807, 2.05) is 63.2 Å². The van der Waals surface area contributed by atoms with Crippen molar-refractivity contribution < 1.29 is 18.7 Å². The van der Waals surface area contributed by atoms with Crippen molar-refractivity contribution >= 4 is 17.5 Å². The fourth-order valence-electron chi connectivity index (χ4n) is 4.73. The minimum absolute atomic E-state index is 0.122. The zero-order valence-electron chi connectivity index (χ0n) is 20.0. The number of furan rings is 1. The normalized spacial score (nSPS) is 14.6. The van der Waals surface area contributed by atoms with Crippen LogP contribution in [0.3, 0.4) is 0 Å². The van der Waals surface area contributed by atoms with Gasteiger partial charge in [0.25, 0.3) is 5.91 Å². The fourth-order valence-corrected chi connectivity index (χ4v) is 4.73. The molecule has 0 aliphatic heterocycles.